The van der Waals surface area contributed by atoms with Crippen molar-refractivity contribution in [3.05, 3.63) is 65.9 Å². The number of nitrogens with one attached hydrogen (secondary N) is 2. The van der Waals surface area contributed by atoms with Crippen molar-refractivity contribution in [1.29, 1.82) is 0 Å². The van der Waals surface area contributed by atoms with Gasteiger partial charge in [0.25, 0.3) is 5.91 Å². The second-order valence-electron chi connectivity index (χ2n) is 10.2. The summed E-state index contributed by atoms with van der Waals surface area (Å²) < 4.78 is 6.08. The van der Waals surface area contributed by atoms with Crippen LogP contribution in [0.15, 0.2) is 54.7 Å². The third kappa shape index (κ3) is 4.83. The van der Waals surface area contributed by atoms with Gasteiger partial charge in [-0.1, -0.05) is 0 Å². The molecular weight excluding hydrogens is 480 g/mol. The molecular formula is C29H30N6O3. The normalized spacial score (nSPS) is 18.6. The van der Waals surface area contributed by atoms with Gasteiger partial charge in [-0.25, -0.2) is 4.98 Å². The molecule has 0 aromatic carbocycles. The third-order valence-corrected chi connectivity index (χ3v) is 7.37. The van der Waals surface area contributed by atoms with Gasteiger partial charge in [-0.15, -0.1) is 0 Å². The minimum atomic E-state index is -0.175. The van der Waals surface area contributed by atoms with E-state index in [2.05, 4.69) is 25.6 Å². The number of fused-ring (bicyclic) bond motifs is 1. The van der Waals surface area contributed by atoms with Crippen LogP contribution in [0.5, 0.6) is 5.88 Å². The number of hydrogen-bond acceptors (Lipinski definition) is 7. The zero-order valence-electron chi connectivity index (χ0n) is 21.5. The molecule has 6 rings (SSSR count). The summed E-state index contributed by atoms with van der Waals surface area (Å²) in [4.78, 5) is 40.3. The molecule has 0 radical (unpaired) electrons. The van der Waals surface area contributed by atoms with E-state index in [9.17, 15) is 9.59 Å². The van der Waals surface area contributed by atoms with E-state index >= 15 is 0 Å². The molecule has 5 heterocycles. The van der Waals surface area contributed by atoms with Gasteiger partial charge in [0.2, 0.25) is 11.8 Å². The molecule has 1 saturated heterocycles. The Labute approximate surface area is 221 Å². The molecule has 2 aliphatic heterocycles. The van der Waals surface area contributed by atoms with Crippen molar-refractivity contribution in [2.75, 3.05) is 23.7 Å². The highest BCUT2D eigenvalue weighted by atomic mass is 16.5. The number of rotatable bonds is 6. The first-order chi connectivity index (χ1) is 18.5. The monoisotopic (exact) mass is 510 g/mol. The molecule has 2 N–H and O–H groups in total. The maximum atomic E-state index is 12.8. The van der Waals surface area contributed by atoms with Crippen LogP contribution in [0.3, 0.4) is 0 Å². The molecule has 2 amide bonds. The van der Waals surface area contributed by atoms with E-state index in [1.807, 2.05) is 43.0 Å². The number of pyridine rings is 3. The van der Waals surface area contributed by atoms with Crippen LogP contribution in [-0.4, -0.2) is 50.9 Å². The second kappa shape index (κ2) is 9.89. The molecule has 2 fully saturated rings. The highest BCUT2D eigenvalue weighted by Gasteiger charge is 2.35. The van der Waals surface area contributed by atoms with Gasteiger partial charge in [-0.3, -0.25) is 19.6 Å². The number of nitrogens with zero attached hydrogens (tertiary/aromatic N) is 4. The standard InChI is InChI=1S/C29H30N6O3/c1-17-7-10-30-15-23(17)24-13-22-25(16-31-24)34-28(36)27(22)18(2)33-20-5-6-26(32-14-20)38-21-8-11-35(12-9-21)29(37)19-3-4-19/h5-7,10,13-16,19,21,33H,3-4,8-9,11-12H2,1-2H3,(H,34,36). The van der Waals surface area contributed by atoms with Crippen LogP contribution in [0.25, 0.3) is 16.8 Å². The maximum Gasteiger partial charge on any atom is 0.258 e. The second-order valence-corrected chi connectivity index (χ2v) is 10.2. The lowest BCUT2D eigenvalue weighted by Crippen LogP contribution is -2.42. The summed E-state index contributed by atoms with van der Waals surface area (Å²) in [6, 6.07) is 7.59. The highest BCUT2D eigenvalue weighted by Crippen LogP contribution is 2.36. The molecule has 9 heteroatoms. The van der Waals surface area contributed by atoms with Crippen LogP contribution in [0, 0.1) is 12.8 Å². The molecule has 0 atom stereocenters. The predicted molar refractivity (Wildman–Crippen MR) is 144 cm³/mol. The van der Waals surface area contributed by atoms with E-state index < -0.39 is 0 Å². The van der Waals surface area contributed by atoms with E-state index in [0.29, 0.717) is 28.7 Å². The smallest absolute Gasteiger partial charge is 0.258 e. The van der Waals surface area contributed by atoms with Crippen molar-refractivity contribution in [3.63, 3.8) is 0 Å². The van der Waals surface area contributed by atoms with Crippen LogP contribution >= 0.6 is 0 Å². The van der Waals surface area contributed by atoms with Crippen molar-refractivity contribution >= 4 is 28.8 Å². The van der Waals surface area contributed by atoms with Gasteiger partial charge in [0.15, 0.2) is 0 Å². The van der Waals surface area contributed by atoms with Crippen molar-refractivity contribution in [2.24, 2.45) is 5.92 Å². The van der Waals surface area contributed by atoms with Crippen LogP contribution in [0.2, 0.25) is 0 Å². The summed E-state index contributed by atoms with van der Waals surface area (Å²) >= 11 is 0. The molecule has 0 spiro atoms. The average molecular weight is 511 g/mol. The first-order valence-corrected chi connectivity index (χ1v) is 13.1. The van der Waals surface area contributed by atoms with Crippen molar-refractivity contribution in [1.82, 2.24) is 19.9 Å². The first kappa shape index (κ1) is 24.1. The van der Waals surface area contributed by atoms with Crippen molar-refractivity contribution < 1.29 is 14.3 Å². The van der Waals surface area contributed by atoms with Crippen LogP contribution < -0.4 is 15.4 Å². The minimum absolute atomic E-state index is 0.0540. The Hall–Kier alpha value is -4.27. The van der Waals surface area contributed by atoms with Gasteiger partial charge in [-0.05, 0) is 50.5 Å². The predicted octanol–water partition coefficient (Wildman–Crippen LogP) is 4.42. The number of ether oxygens (including phenoxy) is 1. The Morgan fingerprint density at radius 3 is 2.58 bits per heavy atom. The number of allylic oxidation sites excluding steroid dienone is 1. The van der Waals surface area contributed by atoms with Gasteiger partial charge >= 0.3 is 0 Å². The van der Waals surface area contributed by atoms with E-state index in [4.69, 9.17) is 4.74 Å². The van der Waals surface area contributed by atoms with Crippen molar-refractivity contribution in [2.45, 2.75) is 45.6 Å². The maximum absolute atomic E-state index is 12.8. The Bertz CT molecular complexity index is 1420. The molecule has 0 bridgehead atoms. The molecule has 1 saturated carbocycles. The van der Waals surface area contributed by atoms with Crippen molar-refractivity contribution in [3.8, 4) is 17.1 Å². The molecule has 3 aromatic heterocycles. The number of aryl methyl sites for hydroxylation is 1. The van der Waals surface area contributed by atoms with Gasteiger partial charge in [0.1, 0.15) is 6.10 Å². The largest absolute Gasteiger partial charge is 0.474 e. The number of carbonyl (C=O) groups is 2. The number of hydrogen-bond donors (Lipinski definition) is 2. The summed E-state index contributed by atoms with van der Waals surface area (Å²) in [7, 11) is 0. The molecule has 9 nitrogen and oxygen atoms in total. The van der Waals surface area contributed by atoms with Gasteiger partial charge in [0.05, 0.1) is 35.0 Å². The Morgan fingerprint density at radius 2 is 1.87 bits per heavy atom. The number of aromatic nitrogens is 3. The average Bonchev–Trinajstić information content (AvgIpc) is 3.72. The zero-order valence-corrected chi connectivity index (χ0v) is 21.5. The molecule has 0 unspecified atom stereocenters. The SMILES string of the molecule is CC(Nc1ccc(OC2CCN(C(=O)C3CC3)CC2)nc1)=C1C(=O)Nc2cnc(-c3cnccc3C)cc21. The number of likely N-dealkylation sites (tertiary alicyclic amines) is 1. The minimum Gasteiger partial charge on any atom is -0.474 e. The lowest BCUT2D eigenvalue weighted by Gasteiger charge is -2.32. The first-order valence-electron chi connectivity index (χ1n) is 13.1. The number of amides is 2. The molecule has 38 heavy (non-hydrogen) atoms. The third-order valence-electron chi connectivity index (χ3n) is 7.37. The van der Waals surface area contributed by atoms with E-state index in [1.165, 1.54) is 0 Å². The fourth-order valence-corrected chi connectivity index (χ4v) is 5.08. The van der Waals surface area contributed by atoms with Crippen LogP contribution in [0.4, 0.5) is 11.4 Å². The van der Waals surface area contributed by atoms with E-state index in [-0.39, 0.29) is 17.9 Å². The number of carbonyl (C=O) groups excluding carboxylic acids is 2. The van der Waals surface area contributed by atoms with Crippen LogP contribution in [0.1, 0.15) is 43.7 Å². The zero-order chi connectivity index (χ0) is 26.2. The highest BCUT2D eigenvalue weighted by molar-refractivity contribution is 6.32. The summed E-state index contributed by atoms with van der Waals surface area (Å²) in [5.41, 5.74) is 6.28. The summed E-state index contributed by atoms with van der Waals surface area (Å²) in [5.74, 6) is 0.950. The van der Waals surface area contributed by atoms with E-state index in [0.717, 1.165) is 66.8 Å². The summed E-state index contributed by atoms with van der Waals surface area (Å²) in [6.45, 7) is 5.37. The topological polar surface area (TPSA) is 109 Å². The summed E-state index contributed by atoms with van der Waals surface area (Å²) in [5, 5.41) is 6.22. The number of piperidine rings is 1. The Morgan fingerprint density at radius 1 is 1.05 bits per heavy atom. The number of anilines is 2. The summed E-state index contributed by atoms with van der Waals surface area (Å²) in [6.07, 6.45) is 10.7. The lowest BCUT2D eigenvalue weighted by molar-refractivity contribution is -0.134. The Kier molecular flexibility index (Phi) is 6.27. The fraction of sp³-hybridized carbons (Fsp3) is 0.345. The molecule has 194 valence electrons. The molecule has 3 aromatic rings. The quantitative estimate of drug-likeness (QED) is 0.473. The van der Waals surface area contributed by atoms with Crippen LogP contribution in [-0.2, 0) is 9.59 Å². The molecule has 1 aliphatic carbocycles. The fourth-order valence-electron chi connectivity index (χ4n) is 5.08. The lowest BCUT2D eigenvalue weighted by atomic mass is 10.0. The van der Waals surface area contributed by atoms with Gasteiger partial charge in [0, 0.05) is 67.1 Å². The van der Waals surface area contributed by atoms with Gasteiger partial charge < -0.3 is 20.3 Å². The van der Waals surface area contributed by atoms with Gasteiger partial charge in [-0.2, -0.15) is 0 Å². The molecule has 3 aliphatic rings. The Balaban J connectivity index is 1.13. The van der Waals surface area contributed by atoms with E-state index in [1.54, 1.807) is 24.8 Å².